The Bertz CT molecular complexity index is 944. The maximum atomic E-state index is 12.4. The number of carbonyl (C=O) groups excluding carboxylic acids is 1. The quantitative estimate of drug-likeness (QED) is 0.677. The van der Waals surface area contributed by atoms with Gasteiger partial charge in [0, 0.05) is 26.8 Å². The largest absolute Gasteiger partial charge is 0.344 e. The molecule has 0 spiro atoms. The van der Waals surface area contributed by atoms with Gasteiger partial charge in [-0.3, -0.25) is 18.8 Å². The molecule has 0 radical (unpaired) electrons. The van der Waals surface area contributed by atoms with Crippen LogP contribution >= 0.6 is 0 Å². The summed E-state index contributed by atoms with van der Waals surface area (Å²) in [5, 5.41) is 4.66. The van der Waals surface area contributed by atoms with Gasteiger partial charge in [0.2, 0.25) is 5.91 Å². The molecule has 7 nitrogen and oxygen atoms in total. The molecular formula is C18H21N5O2. The van der Waals surface area contributed by atoms with Gasteiger partial charge in [-0.05, 0) is 30.5 Å². The van der Waals surface area contributed by atoms with Gasteiger partial charge in [0.05, 0.1) is 23.4 Å². The van der Waals surface area contributed by atoms with Gasteiger partial charge in [-0.1, -0.05) is 12.1 Å². The second kappa shape index (κ2) is 7.29. The number of benzene rings is 1. The number of aromatic nitrogens is 4. The molecule has 0 N–H and O–H groups in total. The molecule has 0 aliphatic carbocycles. The molecule has 0 aliphatic rings. The van der Waals surface area contributed by atoms with Gasteiger partial charge in [0.1, 0.15) is 6.54 Å². The summed E-state index contributed by atoms with van der Waals surface area (Å²) in [6.45, 7) is 0.629. The van der Waals surface area contributed by atoms with Gasteiger partial charge in [-0.25, -0.2) is 4.98 Å². The van der Waals surface area contributed by atoms with Crippen molar-refractivity contribution < 1.29 is 4.79 Å². The average molecular weight is 339 g/mol. The number of rotatable bonds is 6. The zero-order chi connectivity index (χ0) is 17.8. The molecule has 0 saturated heterocycles. The van der Waals surface area contributed by atoms with Crippen LogP contribution in [0.15, 0.2) is 47.8 Å². The van der Waals surface area contributed by atoms with Crippen LogP contribution in [0.25, 0.3) is 10.9 Å². The number of fused-ring (bicyclic) bond motifs is 1. The van der Waals surface area contributed by atoms with Gasteiger partial charge in [0.25, 0.3) is 5.56 Å². The van der Waals surface area contributed by atoms with Crippen molar-refractivity contribution in [1.82, 2.24) is 24.2 Å². The molecule has 7 heteroatoms. The summed E-state index contributed by atoms with van der Waals surface area (Å²) in [6.07, 6.45) is 6.96. The van der Waals surface area contributed by atoms with Crippen LogP contribution in [0.4, 0.5) is 0 Å². The Morgan fingerprint density at radius 1 is 1.28 bits per heavy atom. The van der Waals surface area contributed by atoms with Crippen molar-refractivity contribution in [3.05, 3.63) is 58.9 Å². The number of hydrogen-bond acceptors (Lipinski definition) is 4. The molecule has 1 amide bonds. The monoisotopic (exact) mass is 339 g/mol. The van der Waals surface area contributed by atoms with Gasteiger partial charge < -0.3 is 4.90 Å². The SMILES string of the molecule is CN(CCCc1cnn(C)c1)C(=O)Cn1cnc2ccccc2c1=O. The molecule has 3 aromatic rings. The van der Waals surface area contributed by atoms with Crippen LogP contribution in [0.3, 0.4) is 0 Å². The number of likely N-dealkylation sites (N-methyl/N-ethyl adjacent to an activating group) is 1. The van der Waals surface area contributed by atoms with Crippen LogP contribution in [-0.2, 0) is 24.8 Å². The fraction of sp³-hybridized carbons (Fsp3) is 0.333. The lowest BCUT2D eigenvalue weighted by Gasteiger charge is -2.17. The van der Waals surface area contributed by atoms with E-state index in [1.165, 1.54) is 10.9 Å². The number of hydrogen-bond donors (Lipinski definition) is 0. The molecule has 0 atom stereocenters. The van der Waals surface area contributed by atoms with Crippen LogP contribution in [0.5, 0.6) is 0 Å². The van der Waals surface area contributed by atoms with Crippen LogP contribution in [0.2, 0.25) is 0 Å². The Hall–Kier alpha value is -2.96. The second-order valence-corrected chi connectivity index (χ2v) is 6.14. The number of carbonyl (C=O) groups is 1. The van der Waals surface area contributed by atoms with E-state index in [2.05, 4.69) is 10.1 Å². The van der Waals surface area contributed by atoms with Crippen LogP contribution < -0.4 is 5.56 Å². The average Bonchev–Trinajstić information content (AvgIpc) is 3.02. The first kappa shape index (κ1) is 16.9. The highest BCUT2D eigenvalue weighted by Gasteiger charge is 2.12. The van der Waals surface area contributed by atoms with E-state index in [4.69, 9.17) is 0 Å². The van der Waals surface area contributed by atoms with Crippen molar-refractivity contribution in [2.75, 3.05) is 13.6 Å². The van der Waals surface area contributed by atoms with Crippen molar-refractivity contribution in [1.29, 1.82) is 0 Å². The number of amides is 1. The first-order valence-corrected chi connectivity index (χ1v) is 8.20. The third kappa shape index (κ3) is 3.93. The van der Waals surface area contributed by atoms with E-state index in [1.54, 1.807) is 34.8 Å². The van der Waals surface area contributed by atoms with Gasteiger partial charge in [0.15, 0.2) is 0 Å². The predicted octanol–water partition coefficient (Wildman–Crippen LogP) is 1.22. The van der Waals surface area contributed by atoms with Gasteiger partial charge in [-0.15, -0.1) is 0 Å². The highest BCUT2D eigenvalue weighted by molar-refractivity contribution is 5.78. The summed E-state index contributed by atoms with van der Waals surface area (Å²) in [4.78, 5) is 30.7. The molecule has 0 fully saturated rings. The van der Waals surface area contributed by atoms with E-state index in [1.807, 2.05) is 25.5 Å². The van der Waals surface area contributed by atoms with E-state index >= 15 is 0 Å². The lowest BCUT2D eigenvalue weighted by atomic mass is 10.2. The highest BCUT2D eigenvalue weighted by Crippen LogP contribution is 2.05. The van der Waals surface area contributed by atoms with E-state index in [9.17, 15) is 9.59 Å². The third-order valence-corrected chi connectivity index (χ3v) is 4.18. The highest BCUT2D eigenvalue weighted by atomic mass is 16.2. The van der Waals surface area contributed by atoms with E-state index in [-0.39, 0.29) is 18.0 Å². The first-order valence-electron chi connectivity index (χ1n) is 8.20. The topological polar surface area (TPSA) is 73.0 Å². The summed E-state index contributed by atoms with van der Waals surface area (Å²) in [6, 6.07) is 7.14. The lowest BCUT2D eigenvalue weighted by molar-refractivity contribution is -0.130. The summed E-state index contributed by atoms with van der Waals surface area (Å²) >= 11 is 0. The van der Waals surface area contributed by atoms with Crippen molar-refractivity contribution in [2.45, 2.75) is 19.4 Å². The lowest BCUT2D eigenvalue weighted by Crippen LogP contribution is -2.34. The first-order chi connectivity index (χ1) is 12.0. The molecule has 3 rings (SSSR count). The third-order valence-electron chi connectivity index (χ3n) is 4.18. The van der Waals surface area contributed by atoms with Crippen LogP contribution in [0.1, 0.15) is 12.0 Å². The minimum Gasteiger partial charge on any atom is -0.344 e. The standard InChI is InChI=1S/C18H21N5O2/c1-21(9-5-6-14-10-20-22(2)11-14)17(24)12-23-13-19-16-8-4-3-7-15(16)18(23)25/h3-4,7-8,10-11,13H,5-6,9,12H2,1-2H3. The maximum Gasteiger partial charge on any atom is 0.261 e. The number of aryl methyl sites for hydroxylation is 2. The Kier molecular flexibility index (Phi) is 4.92. The second-order valence-electron chi connectivity index (χ2n) is 6.14. The van der Waals surface area contributed by atoms with Crippen LogP contribution in [-0.4, -0.2) is 43.7 Å². The van der Waals surface area contributed by atoms with Gasteiger partial charge in [-0.2, -0.15) is 5.10 Å². The molecule has 2 aromatic heterocycles. The summed E-state index contributed by atoms with van der Waals surface area (Å²) in [5.41, 5.74) is 1.60. The molecule has 0 unspecified atom stereocenters. The Morgan fingerprint density at radius 3 is 2.84 bits per heavy atom. The van der Waals surface area contributed by atoms with Crippen molar-refractivity contribution >= 4 is 16.8 Å². The zero-order valence-corrected chi connectivity index (χ0v) is 14.4. The molecule has 25 heavy (non-hydrogen) atoms. The normalized spacial score (nSPS) is 11.0. The molecule has 0 bridgehead atoms. The van der Waals surface area contributed by atoms with E-state index < -0.39 is 0 Å². The Labute approximate surface area is 145 Å². The van der Waals surface area contributed by atoms with E-state index in [0.29, 0.717) is 17.4 Å². The minimum absolute atomic E-state index is 0.0000597. The molecule has 2 heterocycles. The van der Waals surface area contributed by atoms with Crippen molar-refractivity contribution in [2.24, 2.45) is 7.05 Å². The fourth-order valence-corrected chi connectivity index (χ4v) is 2.73. The summed E-state index contributed by atoms with van der Waals surface area (Å²) < 4.78 is 3.13. The maximum absolute atomic E-state index is 12.4. The molecular weight excluding hydrogens is 318 g/mol. The summed E-state index contributed by atoms with van der Waals surface area (Å²) in [5.74, 6) is -0.106. The van der Waals surface area contributed by atoms with Crippen molar-refractivity contribution in [3.8, 4) is 0 Å². The molecule has 0 saturated carbocycles. The fourth-order valence-electron chi connectivity index (χ4n) is 2.73. The summed E-state index contributed by atoms with van der Waals surface area (Å²) in [7, 11) is 3.64. The van der Waals surface area contributed by atoms with E-state index in [0.717, 1.165) is 18.4 Å². The van der Waals surface area contributed by atoms with Crippen LogP contribution in [0, 0.1) is 0 Å². The molecule has 130 valence electrons. The Balaban J connectivity index is 1.59. The zero-order valence-electron chi connectivity index (χ0n) is 14.4. The number of nitrogens with zero attached hydrogens (tertiary/aromatic N) is 5. The smallest absolute Gasteiger partial charge is 0.261 e. The van der Waals surface area contributed by atoms with Crippen molar-refractivity contribution in [3.63, 3.8) is 0 Å². The Morgan fingerprint density at radius 2 is 2.08 bits per heavy atom. The number of para-hydroxylation sites is 1. The molecule has 1 aromatic carbocycles. The minimum atomic E-state index is -0.192. The predicted molar refractivity (Wildman–Crippen MR) is 95.2 cm³/mol. The van der Waals surface area contributed by atoms with Gasteiger partial charge >= 0.3 is 0 Å². The molecule has 0 aliphatic heterocycles.